The van der Waals surface area contributed by atoms with Gasteiger partial charge in [-0.1, -0.05) is 44.2 Å². The van der Waals surface area contributed by atoms with Gasteiger partial charge in [0.1, 0.15) is 4.77 Å². The first kappa shape index (κ1) is 15.0. The largest absolute Gasteiger partial charge is 0.484 e. The molecule has 1 heterocycles. The molecule has 22 heavy (non-hydrogen) atoms. The SMILES string of the molecule is CC1(C)[C@@H]2C[C@H]3OB([C@@](C)(Cl)c4ccccc4)O[C@@]3(C)[C@H]1C2. The molecule has 1 aromatic carbocycles. The fourth-order valence-electron chi connectivity index (χ4n) is 5.00. The molecule has 0 spiro atoms. The third-order valence-electron chi connectivity index (χ3n) is 6.73. The van der Waals surface area contributed by atoms with Gasteiger partial charge in [-0.15, -0.1) is 11.6 Å². The Labute approximate surface area is 138 Å². The van der Waals surface area contributed by atoms with Gasteiger partial charge in [0.2, 0.25) is 0 Å². The number of benzene rings is 1. The van der Waals surface area contributed by atoms with Gasteiger partial charge in [-0.05, 0) is 49.5 Å². The van der Waals surface area contributed by atoms with Gasteiger partial charge >= 0.3 is 7.12 Å². The Balaban J connectivity index is 1.63. The predicted molar refractivity (Wildman–Crippen MR) is 89.8 cm³/mol. The maximum atomic E-state index is 6.88. The summed E-state index contributed by atoms with van der Waals surface area (Å²) in [4.78, 5) is 0. The molecule has 4 aliphatic rings. The van der Waals surface area contributed by atoms with E-state index in [2.05, 4.69) is 20.8 Å². The minimum atomic E-state index is -0.657. The minimum Gasteiger partial charge on any atom is -0.404 e. The van der Waals surface area contributed by atoms with Crippen molar-refractivity contribution in [2.75, 3.05) is 0 Å². The van der Waals surface area contributed by atoms with E-state index in [0.29, 0.717) is 11.3 Å². The summed E-state index contributed by atoms with van der Waals surface area (Å²) in [5, 5.41) is 0. The molecule has 0 unspecified atom stereocenters. The lowest BCUT2D eigenvalue weighted by molar-refractivity contribution is -0.199. The summed E-state index contributed by atoms with van der Waals surface area (Å²) < 4.78 is 12.2. The molecule has 0 N–H and O–H groups in total. The van der Waals surface area contributed by atoms with Crippen LogP contribution in [0.3, 0.4) is 0 Å². The van der Waals surface area contributed by atoms with Crippen molar-refractivity contribution < 1.29 is 9.31 Å². The molecule has 1 aromatic rings. The molecule has 4 heteroatoms. The van der Waals surface area contributed by atoms with Crippen molar-refractivity contribution in [2.45, 2.75) is 57.0 Å². The van der Waals surface area contributed by atoms with Crippen LogP contribution in [0.1, 0.15) is 46.1 Å². The number of hydrogen-bond donors (Lipinski definition) is 0. The van der Waals surface area contributed by atoms with Crippen LogP contribution in [0.2, 0.25) is 0 Å². The first-order chi connectivity index (χ1) is 10.3. The smallest absolute Gasteiger partial charge is 0.404 e. The molecule has 3 saturated carbocycles. The van der Waals surface area contributed by atoms with Crippen LogP contribution < -0.4 is 0 Å². The second kappa shape index (κ2) is 4.52. The highest BCUT2D eigenvalue weighted by Crippen LogP contribution is 2.66. The zero-order valence-electron chi connectivity index (χ0n) is 13.8. The van der Waals surface area contributed by atoms with Crippen molar-refractivity contribution in [2.24, 2.45) is 17.3 Å². The Morgan fingerprint density at radius 3 is 2.50 bits per heavy atom. The van der Waals surface area contributed by atoms with E-state index in [1.165, 1.54) is 6.42 Å². The quantitative estimate of drug-likeness (QED) is 0.594. The fourth-order valence-corrected chi connectivity index (χ4v) is 5.22. The zero-order valence-corrected chi connectivity index (χ0v) is 14.6. The van der Waals surface area contributed by atoms with Crippen LogP contribution in [-0.4, -0.2) is 18.8 Å². The van der Waals surface area contributed by atoms with Crippen LogP contribution in [0, 0.1) is 17.3 Å². The molecular weight excluding hydrogens is 294 g/mol. The highest BCUT2D eigenvalue weighted by atomic mass is 35.5. The molecule has 118 valence electrons. The second-order valence-corrected chi connectivity index (χ2v) is 9.03. The monoisotopic (exact) mass is 318 g/mol. The second-order valence-electron chi connectivity index (χ2n) is 8.24. The van der Waals surface area contributed by atoms with Crippen LogP contribution in [0.15, 0.2) is 30.3 Å². The first-order valence-electron chi connectivity index (χ1n) is 8.34. The van der Waals surface area contributed by atoms with Crippen LogP contribution >= 0.6 is 11.6 Å². The van der Waals surface area contributed by atoms with Crippen molar-refractivity contribution in [1.82, 2.24) is 0 Å². The third-order valence-corrected chi connectivity index (χ3v) is 7.13. The van der Waals surface area contributed by atoms with E-state index < -0.39 is 4.77 Å². The van der Waals surface area contributed by atoms with E-state index >= 15 is 0 Å². The lowest BCUT2D eigenvalue weighted by Gasteiger charge is -2.64. The van der Waals surface area contributed by atoms with Crippen molar-refractivity contribution in [3.05, 3.63) is 35.9 Å². The fraction of sp³-hybridized carbons (Fsp3) is 0.667. The van der Waals surface area contributed by atoms with Crippen LogP contribution in [0.5, 0.6) is 0 Å². The molecule has 0 radical (unpaired) electrons. The Bertz CT molecular complexity index is 588. The van der Waals surface area contributed by atoms with Crippen molar-refractivity contribution >= 4 is 18.7 Å². The normalized spacial score (nSPS) is 41.5. The molecule has 5 rings (SSSR count). The van der Waals surface area contributed by atoms with Gasteiger partial charge in [0.05, 0.1) is 11.7 Å². The topological polar surface area (TPSA) is 18.5 Å². The van der Waals surface area contributed by atoms with Crippen molar-refractivity contribution in [1.29, 1.82) is 0 Å². The maximum absolute atomic E-state index is 6.88. The Morgan fingerprint density at radius 2 is 1.86 bits per heavy atom. The average Bonchev–Trinajstić information content (AvgIpc) is 2.85. The highest BCUT2D eigenvalue weighted by Gasteiger charge is 2.69. The van der Waals surface area contributed by atoms with Gasteiger partial charge in [-0.25, -0.2) is 0 Å². The summed E-state index contributed by atoms with van der Waals surface area (Å²) in [6.07, 6.45) is 2.54. The molecule has 2 nitrogen and oxygen atoms in total. The third kappa shape index (κ3) is 1.82. The molecule has 1 saturated heterocycles. The van der Waals surface area contributed by atoms with Crippen molar-refractivity contribution in [3.63, 3.8) is 0 Å². The van der Waals surface area contributed by atoms with Gasteiger partial charge in [0, 0.05) is 0 Å². The lowest BCUT2D eigenvalue weighted by atomic mass is 9.43. The Hall–Kier alpha value is -0.505. The summed E-state index contributed by atoms with van der Waals surface area (Å²) in [7, 11) is -0.387. The highest BCUT2D eigenvalue weighted by molar-refractivity contribution is 6.62. The Kier molecular flexibility index (Phi) is 3.09. The van der Waals surface area contributed by atoms with E-state index in [-0.39, 0.29) is 18.8 Å². The van der Waals surface area contributed by atoms with Gasteiger partial charge in [-0.3, -0.25) is 0 Å². The summed E-state index contributed by atoms with van der Waals surface area (Å²) in [5.74, 6) is 1.33. The van der Waals surface area contributed by atoms with Crippen molar-refractivity contribution in [3.8, 4) is 0 Å². The summed E-state index contributed by atoms with van der Waals surface area (Å²) in [6, 6.07) is 10.1. The van der Waals surface area contributed by atoms with E-state index in [0.717, 1.165) is 17.9 Å². The number of hydrogen-bond acceptors (Lipinski definition) is 2. The summed E-state index contributed by atoms with van der Waals surface area (Å²) in [6.45, 7) is 8.99. The predicted octanol–water partition coefficient (Wildman–Crippen LogP) is 4.41. The van der Waals surface area contributed by atoms with Crippen LogP contribution in [0.4, 0.5) is 0 Å². The first-order valence-corrected chi connectivity index (χ1v) is 8.72. The maximum Gasteiger partial charge on any atom is 0.484 e. The summed E-state index contributed by atoms with van der Waals surface area (Å²) >= 11 is 6.88. The van der Waals surface area contributed by atoms with Gasteiger partial charge in [0.25, 0.3) is 0 Å². The Morgan fingerprint density at radius 1 is 1.18 bits per heavy atom. The van der Waals surface area contributed by atoms with E-state index in [4.69, 9.17) is 20.9 Å². The average molecular weight is 319 g/mol. The molecule has 5 atom stereocenters. The van der Waals surface area contributed by atoms with Crippen LogP contribution in [0.25, 0.3) is 0 Å². The van der Waals surface area contributed by atoms with E-state index in [1.807, 2.05) is 37.3 Å². The van der Waals surface area contributed by atoms with Crippen LogP contribution in [-0.2, 0) is 14.1 Å². The molecular formula is C18H24BClO2. The van der Waals surface area contributed by atoms with Gasteiger partial charge in [-0.2, -0.15) is 0 Å². The molecule has 0 aromatic heterocycles. The molecule has 2 bridgehead atoms. The molecule has 0 amide bonds. The van der Waals surface area contributed by atoms with E-state index in [1.54, 1.807) is 0 Å². The van der Waals surface area contributed by atoms with Gasteiger partial charge in [0.15, 0.2) is 0 Å². The number of rotatable bonds is 2. The summed E-state index contributed by atoms with van der Waals surface area (Å²) in [5.41, 5.74) is 1.21. The minimum absolute atomic E-state index is 0.177. The number of alkyl halides is 1. The zero-order chi connectivity index (χ0) is 15.8. The van der Waals surface area contributed by atoms with Gasteiger partial charge < -0.3 is 9.31 Å². The van der Waals surface area contributed by atoms with E-state index in [9.17, 15) is 0 Å². The molecule has 3 aliphatic carbocycles. The molecule has 1 aliphatic heterocycles. The molecule has 4 fully saturated rings. The standard InChI is InChI=1S/C18H24BClO2/c1-16(2)13-10-14(16)17(3)15(11-13)21-19(22-17)18(4,20)12-8-6-5-7-9-12/h5-9,13-15H,10-11H2,1-4H3/t13-,14-,15+,17-,18-/m0/s1. The number of halogens is 1. The lowest BCUT2D eigenvalue weighted by Crippen LogP contribution is -2.65.